The fourth-order valence-corrected chi connectivity index (χ4v) is 3.82. The standard InChI is InChI=1S/C24H31N3O3/c1-3-20-6-4-5-7-22(20)25-23(28)18-26-14-16-27(17-15-26)24(29)13-10-19-8-11-21(30-2)12-9-19/h4-9,11-12H,3,10,13-18H2,1-2H3,(H,25,28)/p+1. The molecule has 0 spiro atoms. The summed E-state index contributed by atoms with van der Waals surface area (Å²) in [6.45, 7) is 5.53. The highest BCUT2D eigenvalue weighted by molar-refractivity contribution is 5.92. The molecule has 0 atom stereocenters. The molecule has 0 radical (unpaired) electrons. The molecule has 0 saturated carbocycles. The number of para-hydroxylation sites is 1. The Labute approximate surface area is 178 Å². The molecular formula is C24H32N3O3+. The average molecular weight is 411 g/mol. The topological polar surface area (TPSA) is 63.1 Å². The second kappa shape index (κ2) is 10.8. The number of anilines is 1. The molecule has 0 aliphatic carbocycles. The Bertz CT molecular complexity index is 843. The molecule has 2 amide bonds. The maximum absolute atomic E-state index is 12.5. The highest BCUT2D eigenvalue weighted by atomic mass is 16.5. The van der Waals surface area contributed by atoms with Crippen molar-refractivity contribution in [2.45, 2.75) is 26.2 Å². The number of piperazine rings is 1. The third-order valence-electron chi connectivity index (χ3n) is 5.69. The molecule has 2 aromatic carbocycles. The van der Waals surface area contributed by atoms with Gasteiger partial charge in [-0.05, 0) is 42.2 Å². The van der Waals surface area contributed by atoms with E-state index in [1.165, 1.54) is 4.90 Å². The van der Waals surface area contributed by atoms with E-state index in [2.05, 4.69) is 12.2 Å². The Morgan fingerprint density at radius 3 is 2.43 bits per heavy atom. The van der Waals surface area contributed by atoms with Crippen LogP contribution in [0.4, 0.5) is 5.69 Å². The van der Waals surface area contributed by atoms with Gasteiger partial charge in [0.05, 0.1) is 33.3 Å². The van der Waals surface area contributed by atoms with E-state index in [0.717, 1.165) is 48.5 Å². The average Bonchev–Trinajstić information content (AvgIpc) is 2.78. The summed E-state index contributed by atoms with van der Waals surface area (Å²) in [7, 11) is 1.65. The molecule has 1 heterocycles. The first-order valence-electron chi connectivity index (χ1n) is 10.7. The van der Waals surface area contributed by atoms with Crippen LogP contribution in [0.15, 0.2) is 48.5 Å². The predicted molar refractivity (Wildman–Crippen MR) is 118 cm³/mol. The maximum Gasteiger partial charge on any atom is 0.279 e. The smallest absolute Gasteiger partial charge is 0.279 e. The van der Waals surface area contributed by atoms with Gasteiger partial charge in [-0.15, -0.1) is 0 Å². The molecule has 1 aliphatic heterocycles. The van der Waals surface area contributed by atoms with E-state index >= 15 is 0 Å². The van der Waals surface area contributed by atoms with Gasteiger partial charge in [0.1, 0.15) is 5.75 Å². The summed E-state index contributed by atoms with van der Waals surface area (Å²) in [6.07, 6.45) is 2.13. The third kappa shape index (κ3) is 6.07. The summed E-state index contributed by atoms with van der Waals surface area (Å²) < 4.78 is 5.17. The number of nitrogens with zero attached hydrogens (tertiary/aromatic N) is 1. The molecule has 6 nitrogen and oxygen atoms in total. The van der Waals surface area contributed by atoms with Crippen molar-refractivity contribution in [2.24, 2.45) is 0 Å². The van der Waals surface area contributed by atoms with Gasteiger partial charge in [0, 0.05) is 12.1 Å². The van der Waals surface area contributed by atoms with Gasteiger partial charge in [-0.25, -0.2) is 0 Å². The Morgan fingerprint density at radius 2 is 1.77 bits per heavy atom. The number of hydrogen-bond donors (Lipinski definition) is 2. The van der Waals surface area contributed by atoms with Gasteiger partial charge in [-0.3, -0.25) is 9.59 Å². The number of methoxy groups -OCH3 is 1. The minimum atomic E-state index is 0.0326. The number of aryl methyl sites for hydroxylation is 2. The van der Waals surface area contributed by atoms with E-state index in [1.54, 1.807) is 7.11 Å². The first-order valence-corrected chi connectivity index (χ1v) is 10.7. The first-order chi connectivity index (χ1) is 14.6. The van der Waals surface area contributed by atoms with E-state index in [1.807, 2.05) is 53.4 Å². The van der Waals surface area contributed by atoms with Crippen LogP contribution in [0.5, 0.6) is 5.75 Å². The summed E-state index contributed by atoms with van der Waals surface area (Å²) in [5, 5.41) is 3.04. The summed E-state index contributed by atoms with van der Waals surface area (Å²) in [4.78, 5) is 28.1. The number of amides is 2. The Balaban J connectivity index is 1.40. The molecule has 1 saturated heterocycles. The fraction of sp³-hybridized carbons (Fsp3) is 0.417. The van der Waals surface area contributed by atoms with E-state index in [-0.39, 0.29) is 11.8 Å². The number of rotatable bonds is 8. The van der Waals surface area contributed by atoms with Crippen molar-refractivity contribution in [3.05, 3.63) is 59.7 Å². The molecule has 0 unspecified atom stereocenters. The quantitative estimate of drug-likeness (QED) is 0.694. The Morgan fingerprint density at radius 1 is 1.07 bits per heavy atom. The zero-order chi connectivity index (χ0) is 21.3. The number of hydrogen-bond acceptors (Lipinski definition) is 3. The van der Waals surface area contributed by atoms with Crippen LogP contribution in [0.3, 0.4) is 0 Å². The second-order valence-corrected chi connectivity index (χ2v) is 7.71. The largest absolute Gasteiger partial charge is 0.497 e. The molecule has 2 N–H and O–H groups in total. The lowest BCUT2D eigenvalue weighted by molar-refractivity contribution is -0.895. The summed E-state index contributed by atoms with van der Waals surface area (Å²) in [5.74, 6) is 1.04. The molecule has 3 rings (SSSR count). The van der Waals surface area contributed by atoms with Gasteiger partial charge in [-0.1, -0.05) is 37.3 Å². The van der Waals surface area contributed by atoms with Gasteiger partial charge >= 0.3 is 0 Å². The normalized spacial score (nSPS) is 14.4. The molecule has 0 aromatic heterocycles. The fourth-order valence-electron chi connectivity index (χ4n) is 3.82. The van der Waals surface area contributed by atoms with Gasteiger partial charge in [0.2, 0.25) is 5.91 Å². The number of benzene rings is 2. The van der Waals surface area contributed by atoms with Gasteiger partial charge in [0.25, 0.3) is 5.91 Å². The molecule has 2 aromatic rings. The molecule has 1 aliphatic rings. The lowest BCUT2D eigenvalue weighted by Gasteiger charge is -2.32. The van der Waals surface area contributed by atoms with Crippen LogP contribution in [-0.4, -0.2) is 56.5 Å². The number of carbonyl (C=O) groups is 2. The second-order valence-electron chi connectivity index (χ2n) is 7.71. The van der Waals surface area contributed by atoms with Crippen molar-refractivity contribution in [2.75, 3.05) is 45.2 Å². The highest BCUT2D eigenvalue weighted by Gasteiger charge is 2.25. The molecular weight excluding hydrogens is 378 g/mol. The number of carbonyl (C=O) groups excluding carboxylic acids is 2. The van der Waals surface area contributed by atoms with Gasteiger partial charge in [0.15, 0.2) is 6.54 Å². The molecule has 160 valence electrons. The van der Waals surface area contributed by atoms with Crippen molar-refractivity contribution < 1.29 is 19.2 Å². The van der Waals surface area contributed by atoms with Crippen LogP contribution in [-0.2, 0) is 22.4 Å². The van der Waals surface area contributed by atoms with E-state index in [9.17, 15) is 9.59 Å². The zero-order valence-electron chi connectivity index (χ0n) is 17.9. The van der Waals surface area contributed by atoms with E-state index < -0.39 is 0 Å². The number of ether oxygens (including phenoxy) is 1. The van der Waals surface area contributed by atoms with Crippen molar-refractivity contribution >= 4 is 17.5 Å². The lowest BCUT2D eigenvalue weighted by Crippen LogP contribution is -3.15. The molecule has 30 heavy (non-hydrogen) atoms. The van der Waals surface area contributed by atoms with Crippen LogP contribution in [0, 0.1) is 0 Å². The Hall–Kier alpha value is -2.86. The minimum Gasteiger partial charge on any atom is -0.497 e. The monoisotopic (exact) mass is 410 g/mol. The van der Waals surface area contributed by atoms with Crippen molar-refractivity contribution in [1.29, 1.82) is 0 Å². The Kier molecular flexibility index (Phi) is 7.85. The van der Waals surface area contributed by atoms with E-state index in [4.69, 9.17) is 4.74 Å². The summed E-state index contributed by atoms with van der Waals surface area (Å²) in [6, 6.07) is 15.8. The number of nitrogens with one attached hydrogen (secondary N) is 2. The summed E-state index contributed by atoms with van der Waals surface area (Å²) in [5.41, 5.74) is 3.18. The first kappa shape index (κ1) is 21.8. The van der Waals surface area contributed by atoms with Gasteiger partial charge < -0.3 is 19.9 Å². The summed E-state index contributed by atoms with van der Waals surface area (Å²) >= 11 is 0. The highest BCUT2D eigenvalue weighted by Crippen LogP contribution is 2.15. The van der Waals surface area contributed by atoms with Crippen molar-refractivity contribution in [3.63, 3.8) is 0 Å². The lowest BCUT2D eigenvalue weighted by atomic mass is 10.1. The van der Waals surface area contributed by atoms with Crippen LogP contribution in [0.1, 0.15) is 24.5 Å². The predicted octanol–water partition coefficient (Wildman–Crippen LogP) is 1.56. The third-order valence-corrected chi connectivity index (χ3v) is 5.69. The molecule has 6 heteroatoms. The zero-order valence-corrected chi connectivity index (χ0v) is 17.9. The number of quaternary nitrogens is 1. The van der Waals surface area contributed by atoms with Crippen molar-refractivity contribution in [1.82, 2.24) is 4.90 Å². The molecule has 0 bridgehead atoms. The van der Waals surface area contributed by atoms with Crippen molar-refractivity contribution in [3.8, 4) is 5.75 Å². The minimum absolute atomic E-state index is 0.0326. The van der Waals surface area contributed by atoms with Crippen LogP contribution in [0.2, 0.25) is 0 Å². The maximum atomic E-state index is 12.5. The van der Waals surface area contributed by atoms with E-state index in [0.29, 0.717) is 26.1 Å². The van der Waals surface area contributed by atoms with Crippen LogP contribution < -0.4 is 15.0 Å². The molecule has 1 fully saturated rings. The SMILES string of the molecule is CCc1ccccc1NC(=O)C[NH+]1CCN(C(=O)CCc2ccc(OC)cc2)CC1. The van der Waals surface area contributed by atoms with Crippen LogP contribution in [0.25, 0.3) is 0 Å². The van der Waals surface area contributed by atoms with Crippen LogP contribution >= 0.6 is 0 Å². The van der Waals surface area contributed by atoms with Gasteiger partial charge in [-0.2, -0.15) is 0 Å².